The first-order valence-corrected chi connectivity index (χ1v) is 9.81. The number of sulfonamides is 1. The molecule has 1 fully saturated rings. The number of methoxy groups -OCH3 is 1. The first-order chi connectivity index (χ1) is 11.4. The summed E-state index contributed by atoms with van der Waals surface area (Å²) in [5.41, 5.74) is 0. The van der Waals surface area contributed by atoms with Crippen molar-refractivity contribution in [2.45, 2.75) is 31.6 Å². The summed E-state index contributed by atoms with van der Waals surface area (Å²) in [6.07, 6.45) is 1.63. The van der Waals surface area contributed by atoms with Crippen LogP contribution in [0, 0.1) is 5.92 Å². The van der Waals surface area contributed by atoms with Crippen LogP contribution in [0.15, 0.2) is 29.2 Å². The Bertz CT molecular complexity index is 663. The van der Waals surface area contributed by atoms with E-state index in [1.807, 2.05) is 13.8 Å². The molecule has 1 aromatic rings. The summed E-state index contributed by atoms with van der Waals surface area (Å²) in [5, 5.41) is 0. The lowest BCUT2D eigenvalue weighted by atomic mass is 10.0. The molecule has 0 atom stereocenters. The van der Waals surface area contributed by atoms with E-state index in [4.69, 9.17) is 4.74 Å². The molecule has 0 bridgehead atoms. The van der Waals surface area contributed by atoms with Gasteiger partial charge in [0.25, 0.3) is 0 Å². The topological polar surface area (TPSA) is 66.9 Å². The average Bonchev–Trinajstić information content (AvgIpc) is 2.62. The van der Waals surface area contributed by atoms with Crippen molar-refractivity contribution in [1.29, 1.82) is 0 Å². The Kier molecular flexibility index (Phi) is 6.23. The molecular formula is C17H26N2O4S. The number of hydrogen-bond donors (Lipinski definition) is 0. The molecule has 0 radical (unpaired) electrons. The van der Waals surface area contributed by atoms with Crippen molar-refractivity contribution >= 4 is 15.9 Å². The van der Waals surface area contributed by atoms with Gasteiger partial charge in [0, 0.05) is 38.2 Å². The molecule has 0 unspecified atom stereocenters. The highest BCUT2D eigenvalue weighted by Gasteiger charge is 2.31. The molecule has 1 aliphatic rings. The number of amides is 1. The van der Waals surface area contributed by atoms with Crippen LogP contribution in [0.5, 0.6) is 5.75 Å². The van der Waals surface area contributed by atoms with Crippen molar-refractivity contribution in [2.24, 2.45) is 5.92 Å². The van der Waals surface area contributed by atoms with Crippen molar-refractivity contribution in [2.75, 3.05) is 33.3 Å². The van der Waals surface area contributed by atoms with Crippen LogP contribution in [-0.2, 0) is 14.8 Å². The van der Waals surface area contributed by atoms with Gasteiger partial charge in [-0.2, -0.15) is 4.31 Å². The van der Waals surface area contributed by atoms with Crippen molar-refractivity contribution in [3.8, 4) is 5.75 Å². The molecule has 0 aliphatic carbocycles. The third kappa shape index (κ3) is 3.89. The second kappa shape index (κ2) is 7.98. The third-order valence-corrected chi connectivity index (χ3v) is 6.46. The Labute approximate surface area is 144 Å². The van der Waals surface area contributed by atoms with E-state index in [1.54, 1.807) is 23.1 Å². The first kappa shape index (κ1) is 18.7. The lowest BCUT2D eigenvalue weighted by Gasteiger charge is -2.35. The van der Waals surface area contributed by atoms with Gasteiger partial charge in [0.1, 0.15) is 5.75 Å². The Hall–Kier alpha value is -1.60. The number of hydrogen-bond acceptors (Lipinski definition) is 4. The molecule has 0 spiro atoms. The highest BCUT2D eigenvalue weighted by molar-refractivity contribution is 7.89. The van der Waals surface area contributed by atoms with Crippen LogP contribution in [0.25, 0.3) is 0 Å². The van der Waals surface area contributed by atoms with Gasteiger partial charge in [-0.05, 0) is 25.0 Å². The average molecular weight is 354 g/mol. The summed E-state index contributed by atoms with van der Waals surface area (Å²) in [6, 6.07) is 6.47. The van der Waals surface area contributed by atoms with E-state index < -0.39 is 10.0 Å². The van der Waals surface area contributed by atoms with Crippen LogP contribution in [0.1, 0.15) is 26.7 Å². The summed E-state index contributed by atoms with van der Waals surface area (Å²) < 4.78 is 32.0. The molecule has 1 amide bonds. The van der Waals surface area contributed by atoms with Crippen LogP contribution in [0.2, 0.25) is 0 Å². The van der Waals surface area contributed by atoms with Gasteiger partial charge in [-0.25, -0.2) is 8.42 Å². The fourth-order valence-corrected chi connectivity index (χ4v) is 4.41. The minimum atomic E-state index is -3.56. The summed E-state index contributed by atoms with van der Waals surface area (Å²) in [4.78, 5) is 14.4. The number of carbonyl (C=O) groups is 1. The number of nitrogens with zero attached hydrogens (tertiary/aromatic N) is 2. The SMILES string of the molecule is CCC(CC)C(=O)N1CCN(S(=O)(=O)c2cccc(OC)c2)CC1. The van der Waals surface area contributed by atoms with Gasteiger partial charge in [0.05, 0.1) is 12.0 Å². The zero-order chi connectivity index (χ0) is 17.7. The molecule has 0 aromatic heterocycles. The third-order valence-electron chi connectivity index (χ3n) is 4.56. The van der Waals surface area contributed by atoms with Gasteiger partial charge >= 0.3 is 0 Å². The molecule has 0 saturated carbocycles. The standard InChI is InChI=1S/C17H26N2O4S/c1-4-14(5-2)17(20)18-9-11-19(12-10-18)24(21,22)16-8-6-7-15(13-16)23-3/h6-8,13-14H,4-5,9-12H2,1-3H3. The molecule has 2 rings (SSSR count). The highest BCUT2D eigenvalue weighted by Crippen LogP contribution is 2.22. The van der Waals surface area contributed by atoms with Gasteiger partial charge in [0.2, 0.25) is 15.9 Å². The molecule has 6 nitrogen and oxygen atoms in total. The lowest BCUT2D eigenvalue weighted by molar-refractivity contribution is -0.136. The smallest absolute Gasteiger partial charge is 0.243 e. The van der Waals surface area contributed by atoms with E-state index in [9.17, 15) is 13.2 Å². The number of carbonyl (C=O) groups excluding carboxylic acids is 1. The summed E-state index contributed by atoms with van der Waals surface area (Å²) in [5.74, 6) is 0.684. The zero-order valence-electron chi connectivity index (χ0n) is 14.6. The van der Waals surface area contributed by atoms with E-state index in [0.717, 1.165) is 12.8 Å². The lowest BCUT2D eigenvalue weighted by Crippen LogP contribution is -2.51. The predicted octanol–water partition coefficient (Wildman–Crippen LogP) is 1.96. The number of piperazine rings is 1. The minimum Gasteiger partial charge on any atom is -0.497 e. The van der Waals surface area contributed by atoms with Crippen LogP contribution >= 0.6 is 0 Å². The van der Waals surface area contributed by atoms with E-state index >= 15 is 0 Å². The Morgan fingerprint density at radius 3 is 2.33 bits per heavy atom. The van der Waals surface area contributed by atoms with Gasteiger partial charge < -0.3 is 9.64 Å². The Balaban J connectivity index is 2.06. The fraction of sp³-hybridized carbons (Fsp3) is 0.588. The second-order valence-corrected chi connectivity index (χ2v) is 7.86. The van der Waals surface area contributed by atoms with Crippen LogP contribution in [0.3, 0.4) is 0 Å². The molecule has 0 N–H and O–H groups in total. The van der Waals surface area contributed by atoms with E-state index in [0.29, 0.717) is 31.9 Å². The summed E-state index contributed by atoms with van der Waals surface area (Å²) in [7, 11) is -2.05. The minimum absolute atomic E-state index is 0.0338. The molecule has 1 aromatic carbocycles. The Morgan fingerprint density at radius 1 is 1.17 bits per heavy atom. The number of rotatable bonds is 6. The van der Waals surface area contributed by atoms with E-state index in [1.165, 1.54) is 17.5 Å². The zero-order valence-corrected chi connectivity index (χ0v) is 15.4. The van der Waals surface area contributed by atoms with Crippen molar-refractivity contribution in [1.82, 2.24) is 9.21 Å². The monoisotopic (exact) mass is 354 g/mol. The second-order valence-electron chi connectivity index (χ2n) is 5.92. The van der Waals surface area contributed by atoms with Gasteiger partial charge in [-0.15, -0.1) is 0 Å². The molecular weight excluding hydrogens is 328 g/mol. The largest absolute Gasteiger partial charge is 0.497 e. The maximum atomic E-state index is 12.7. The van der Waals surface area contributed by atoms with Crippen molar-refractivity contribution in [3.05, 3.63) is 24.3 Å². The van der Waals surface area contributed by atoms with Crippen LogP contribution in [-0.4, -0.2) is 56.8 Å². The van der Waals surface area contributed by atoms with Gasteiger partial charge in [-0.3, -0.25) is 4.79 Å². The normalized spacial score (nSPS) is 16.4. The summed E-state index contributed by atoms with van der Waals surface area (Å²) >= 11 is 0. The quantitative estimate of drug-likeness (QED) is 0.783. The van der Waals surface area contributed by atoms with Crippen LogP contribution < -0.4 is 4.74 Å². The predicted molar refractivity (Wildman–Crippen MR) is 92.4 cm³/mol. The van der Waals surface area contributed by atoms with Gasteiger partial charge in [-0.1, -0.05) is 19.9 Å². The van der Waals surface area contributed by atoms with E-state index in [2.05, 4.69) is 0 Å². The van der Waals surface area contributed by atoms with Crippen LogP contribution in [0.4, 0.5) is 0 Å². The van der Waals surface area contributed by atoms with Gasteiger partial charge in [0.15, 0.2) is 0 Å². The fourth-order valence-electron chi connectivity index (χ4n) is 2.96. The first-order valence-electron chi connectivity index (χ1n) is 8.37. The Morgan fingerprint density at radius 2 is 1.79 bits per heavy atom. The van der Waals surface area contributed by atoms with Crippen molar-refractivity contribution in [3.63, 3.8) is 0 Å². The molecule has 24 heavy (non-hydrogen) atoms. The number of benzene rings is 1. The van der Waals surface area contributed by atoms with E-state index in [-0.39, 0.29) is 16.7 Å². The van der Waals surface area contributed by atoms with Crippen molar-refractivity contribution < 1.29 is 17.9 Å². The molecule has 1 heterocycles. The number of ether oxygens (including phenoxy) is 1. The highest BCUT2D eigenvalue weighted by atomic mass is 32.2. The summed E-state index contributed by atoms with van der Waals surface area (Å²) in [6.45, 7) is 5.55. The molecule has 134 valence electrons. The maximum Gasteiger partial charge on any atom is 0.243 e. The molecule has 7 heteroatoms. The molecule has 1 aliphatic heterocycles. The maximum absolute atomic E-state index is 12.7. The molecule has 1 saturated heterocycles.